The number of nitrogens with one attached hydrogen (secondary N) is 1. The second-order valence-electron chi connectivity index (χ2n) is 7.20. The third-order valence-corrected chi connectivity index (χ3v) is 5.03. The van der Waals surface area contributed by atoms with Gasteiger partial charge in [0.15, 0.2) is 5.65 Å². The number of hydrogen-bond donors (Lipinski definition) is 1. The van der Waals surface area contributed by atoms with E-state index in [1.165, 1.54) is 0 Å². The summed E-state index contributed by atoms with van der Waals surface area (Å²) in [6.45, 7) is 5.63. The zero-order valence-electron chi connectivity index (χ0n) is 15.7. The van der Waals surface area contributed by atoms with E-state index in [0.29, 0.717) is 22.6 Å². The van der Waals surface area contributed by atoms with Crippen LogP contribution in [0.25, 0.3) is 27.9 Å². The van der Waals surface area contributed by atoms with Crippen LogP contribution in [0.1, 0.15) is 17.8 Å². The molecule has 0 aliphatic carbocycles. The third-order valence-electron chi connectivity index (χ3n) is 5.03. The molecule has 142 valence electrons. The predicted molar refractivity (Wildman–Crippen MR) is 106 cm³/mol. The lowest BCUT2D eigenvalue weighted by molar-refractivity contribution is 0.223. The summed E-state index contributed by atoms with van der Waals surface area (Å²) in [7, 11) is 0. The smallest absolute Gasteiger partial charge is 0.345 e. The molecule has 0 spiro atoms. The van der Waals surface area contributed by atoms with Crippen molar-refractivity contribution in [1.82, 2.24) is 19.7 Å². The first kappa shape index (κ1) is 16.9. The molecule has 0 radical (unpaired) electrons. The minimum Gasteiger partial charge on any atom is -0.489 e. The van der Waals surface area contributed by atoms with E-state index >= 15 is 0 Å². The van der Waals surface area contributed by atoms with Crippen molar-refractivity contribution in [3.05, 3.63) is 58.5 Å². The normalized spacial score (nSPS) is 16.9. The van der Waals surface area contributed by atoms with Gasteiger partial charge in [-0.3, -0.25) is 4.98 Å². The maximum Gasteiger partial charge on any atom is 0.345 e. The van der Waals surface area contributed by atoms with E-state index in [-0.39, 0.29) is 6.10 Å². The van der Waals surface area contributed by atoms with Gasteiger partial charge in [-0.25, -0.2) is 9.78 Å². The Balaban J connectivity index is 1.56. The monoisotopic (exact) mass is 376 g/mol. The highest BCUT2D eigenvalue weighted by Crippen LogP contribution is 2.26. The van der Waals surface area contributed by atoms with Crippen LogP contribution in [-0.4, -0.2) is 33.6 Å². The molecule has 1 saturated heterocycles. The molecule has 4 aromatic rings. The van der Waals surface area contributed by atoms with Gasteiger partial charge in [0, 0.05) is 30.4 Å². The Bertz CT molecular complexity index is 1250. The van der Waals surface area contributed by atoms with E-state index in [9.17, 15) is 4.79 Å². The second-order valence-corrected chi connectivity index (χ2v) is 7.20. The molecule has 0 amide bonds. The highest BCUT2D eigenvalue weighted by Gasteiger charge is 2.17. The first-order chi connectivity index (χ1) is 13.6. The highest BCUT2D eigenvalue weighted by molar-refractivity contribution is 5.82. The molecule has 1 aromatic carbocycles. The molecular formula is C21H20N4O3. The van der Waals surface area contributed by atoms with Crippen molar-refractivity contribution in [2.75, 3.05) is 13.1 Å². The van der Waals surface area contributed by atoms with E-state index < -0.39 is 5.63 Å². The van der Waals surface area contributed by atoms with Crippen molar-refractivity contribution in [1.29, 1.82) is 0 Å². The second kappa shape index (κ2) is 6.45. The fourth-order valence-electron chi connectivity index (χ4n) is 3.70. The molecule has 1 aliphatic heterocycles. The molecule has 1 N–H and O–H groups in total. The zero-order valence-corrected chi connectivity index (χ0v) is 15.7. The lowest BCUT2D eigenvalue weighted by Crippen LogP contribution is -2.19. The summed E-state index contributed by atoms with van der Waals surface area (Å²) >= 11 is 0. The Morgan fingerprint density at radius 2 is 2.11 bits per heavy atom. The summed E-state index contributed by atoms with van der Waals surface area (Å²) in [5, 5.41) is 4.10. The predicted octanol–water partition coefficient (Wildman–Crippen LogP) is 2.86. The Hall–Kier alpha value is -3.19. The van der Waals surface area contributed by atoms with Gasteiger partial charge in [0.1, 0.15) is 17.4 Å². The summed E-state index contributed by atoms with van der Waals surface area (Å²) in [6, 6.07) is 7.41. The number of fused-ring (bicyclic) bond motifs is 2. The van der Waals surface area contributed by atoms with Crippen LogP contribution < -0.4 is 15.7 Å². The van der Waals surface area contributed by atoms with Gasteiger partial charge in [0.05, 0.1) is 22.6 Å². The molecule has 1 aliphatic rings. The summed E-state index contributed by atoms with van der Waals surface area (Å²) < 4.78 is 13.4. The van der Waals surface area contributed by atoms with Crippen molar-refractivity contribution >= 4 is 16.6 Å². The molecule has 0 saturated carbocycles. The van der Waals surface area contributed by atoms with E-state index in [1.807, 2.05) is 48.8 Å². The number of hydrogen-bond acceptors (Lipinski definition) is 6. The van der Waals surface area contributed by atoms with E-state index in [2.05, 4.69) is 15.3 Å². The minimum absolute atomic E-state index is 0.154. The topological polar surface area (TPSA) is 81.7 Å². The van der Waals surface area contributed by atoms with Crippen LogP contribution in [0.3, 0.4) is 0 Å². The quantitative estimate of drug-likeness (QED) is 0.554. The van der Waals surface area contributed by atoms with Crippen LogP contribution in [-0.2, 0) is 0 Å². The number of imidazole rings is 1. The summed E-state index contributed by atoms with van der Waals surface area (Å²) in [5.74, 6) is 0.710. The Kier molecular flexibility index (Phi) is 3.91. The van der Waals surface area contributed by atoms with Gasteiger partial charge in [-0.2, -0.15) is 0 Å². The molecular weight excluding hydrogens is 356 g/mol. The maximum atomic E-state index is 12.6. The molecule has 5 rings (SSSR count). The number of nitrogens with zero attached hydrogens (tertiary/aromatic N) is 3. The lowest BCUT2D eigenvalue weighted by Gasteiger charge is -2.12. The van der Waals surface area contributed by atoms with Crippen molar-refractivity contribution in [2.45, 2.75) is 26.4 Å². The molecule has 4 heterocycles. The van der Waals surface area contributed by atoms with Crippen LogP contribution >= 0.6 is 0 Å². The van der Waals surface area contributed by atoms with E-state index in [1.54, 1.807) is 6.07 Å². The summed E-state index contributed by atoms with van der Waals surface area (Å²) in [6.07, 6.45) is 4.85. The van der Waals surface area contributed by atoms with Crippen LogP contribution in [0.2, 0.25) is 0 Å². The molecule has 7 nitrogen and oxygen atoms in total. The highest BCUT2D eigenvalue weighted by atomic mass is 16.5. The average Bonchev–Trinajstić information content (AvgIpc) is 3.30. The molecule has 0 unspecified atom stereocenters. The van der Waals surface area contributed by atoms with Gasteiger partial charge in [-0.15, -0.1) is 0 Å². The summed E-state index contributed by atoms with van der Waals surface area (Å²) in [4.78, 5) is 21.7. The fraction of sp³-hybridized carbons (Fsp3) is 0.286. The van der Waals surface area contributed by atoms with E-state index in [4.69, 9.17) is 9.15 Å². The first-order valence-electron chi connectivity index (χ1n) is 9.35. The van der Waals surface area contributed by atoms with Gasteiger partial charge < -0.3 is 18.9 Å². The van der Waals surface area contributed by atoms with Crippen LogP contribution in [0.5, 0.6) is 5.75 Å². The molecule has 7 heteroatoms. The SMILES string of the molecule is Cc1cn2cc(-c3cc4ccc(O[C@@H]5CCNC5)cc4oc3=O)nc2c(C)n1. The number of rotatable bonds is 3. The van der Waals surface area contributed by atoms with Crippen molar-refractivity contribution in [3.8, 4) is 17.0 Å². The van der Waals surface area contributed by atoms with Gasteiger partial charge in [0.25, 0.3) is 0 Å². The van der Waals surface area contributed by atoms with Gasteiger partial charge in [0.2, 0.25) is 0 Å². The maximum absolute atomic E-state index is 12.6. The van der Waals surface area contributed by atoms with Gasteiger partial charge >= 0.3 is 5.63 Å². The van der Waals surface area contributed by atoms with Crippen molar-refractivity contribution < 1.29 is 9.15 Å². The lowest BCUT2D eigenvalue weighted by atomic mass is 10.1. The first-order valence-corrected chi connectivity index (χ1v) is 9.35. The Morgan fingerprint density at radius 1 is 1.21 bits per heavy atom. The van der Waals surface area contributed by atoms with E-state index in [0.717, 1.165) is 41.9 Å². The van der Waals surface area contributed by atoms with Crippen molar-refractivity contribution in [3.63, 3.8) is 0 Å². The van der Waals surface area contributed by atoms with Crippen LogP contribution in [0.15, 0.2) is 45.9 Å². The Morgan fingerprint density at radius 3 is 2.93 bits per heavy atom. The standard InChI is InChI=1S/C21H20N4O3/c1-12-10-25-11-18(24-20(25)13(2)23-12)17-7-14-3-4-15(8-19(14)28-21(17)26)27-16-5-6-22-9-16/h3-4,7-8,10-11,16,22H,5-6,9H2,1-2H3/t16-/m1/s1. The Labute approximate surface area is 161 Å². The number of ether oxygens (including phenoxy) is 1. The van der Waals surface area contributed by atoms with Gasteiger partial charge in [-0.05, 0) is 45.0 Å². The minimum atomic E-state index is -0.419. The molecule has 3 aromatic heterocycles. The average molecular weight is 376 g/mol. The van der Waals surface area contributed by atoms with Crippen LogP contribution in [0, 0.1) is 13.8 Å². The molecule has 0 bridgehead atoms. The largest absolute Gasteiger partial charge is 0.489 e. The molecule has 28 heavy (non-hydrogen) atoms. The van der Waals surface area contributed by atoms with Crippen LogP contribution in [0.4, 0.5) is 0 Å². The molecule has 1 atom stereocenters. The zero-order chi connectivity index (χ0) is 19.3. The number of aromatic nitrogens is 3. The van der Waals surface area contributed by atoms with Crippen molar-refractivity contribution in [2.24, 2.45) is 0 Å². The number of aryl methyl sites for hydroxylation is 2. The fourth-order valence-corrected chi connectivity index (χ4v) is 3.70. The summed E-state index contributed by atoms with van der Waals surface area (Å²) in [5.41, 5.74) is 3.54. The molecule has 1 fully saturated rings. The third kappa shape index (κ3) is 2.93. The van der Waals surface area contributed by atoms with Gasteiger partial charge in [-0.1, -0.05) is 0 Å². The number of benzene rings is 1.